The average Bonchev–Trinajstić information content (AvgIpc) is 2.80. The summed E-state index contributed by atoms with van der Waals surface area (Å²) in [6.07, 6.45) is -1.22. The molecule has 3 aromatic carbocycles. The van der Waals surface area contributed by atoms with Gasteiger partial charge in [0.05, 0.1) is 6.61 Å². The van der Waals surface area contributed by atoms with Crippen molar-refractivity contribution in [1.82, 2.24) is 0 Å². The molecule has 3 nitrogen and oxygen atoms in total. The fourth-order valence-corrected chi connectivity index (χ4v) is 3.72. The van der Waals surface area contributed by atoms with Crippen molar-refractivity contribution in [3.63, 3.8) is 0 Å². The van der Waals surface area contributed by atoms with E-state index in [9.17, 15) is 8.78 Å². The highest BCUT2D eigenvalue weighted by atomic mass is 19.3. The molecule has 0 N–H and O–H groups in total. The summed E-state index contributed by atoms with van der Waals surface area (Å²) >= 11 is 0. The van der Waals surface area contributed by atoms with Crippen LogP contribution in [0.25, 0.3) is 0 Å². The van der Waals surface area contributed by atoms with Gasteiger partial charge in [-0.25, -0.2) is 8.78 Å². The highest BCUT2D eigenvalue weighted by Gasteiger charge is 2.49. The molecule has 1 fully saturated rings. The van der Waals surface area contributed by atoms with Crippen LogP contribution in [0.5, 0.6) is 11.5 Å². The summed E-state index contributed by atoms with van der Waals surface area (Å²) in [4.78, 5) is 0. The van der Waals surface area contributed by atoms with E-state index in [4.69, 9.17) is 14.2 Å². The zero-order chi connectivity index (χ0) is 21.5. The first-order chi connectivity index (χ1) is 15.1. The molecule has 0 aromatic heterocycles. The maximum atomic E-state index is 14.7. The van der Waals surface area contributed by atoms with Gasteiger partial charge in [0, 0.05) is 6.42 Å². The largest absolute Gasteiger partial charge is 0.489 e. The second-order valence-electron chi connectivity index (χ2n) is 7.77. The molecule has 0 bridgehead atoms. The van der Waals surface area contributed by atoms with Crippen LogP contribution in [0.3, 0.4) is 0 Å². The third kappa shape index (κ3) is 5.82. The van der Waals surface area contributed by atoms with Gasteiger partial charge in [-0.1, -0.05) is 60.7 Å². The van der Waals surface area contributed by atoms with Gasteiger partial charge in [-0.15, -0.1) is 0 Å². The molecule has 1 saturated carbocycles. The lowest BCUT2D eigenvalue weighted by molar-refractivity contribution is -0.181. The fraction of sp³-hybridized carbons (Fsp3) is 0.308. The number of ether oxygens (including phenoxy) is 3. The van der Waals surface area contributed by atoms with Gasteiger partial charge in [0.15, 0.2) is 6.10 Å². The van der Waals surface area contributed by atoms with Gasteiger partial charge < -0.3 is 14.2 Å². The van der Waals surface area contributed by atoms with Crippen molar-refractivity contribution in [3.8, 4) is 11.5 Å². The monoisotopic (exact) mass is 424 g/mol. The van der Waals surface area contributed by atoms with Crippen LogP contribution >= 0.6 is 0 Å². The number of hydrogen-bond acceptors (Lipinski definition) is 3. The molecule has 1 aliphatic carbocycles. The van der Waals surface area contributed by atoms with Gasteiger partial charge in [0.2, 0.25) is 0 Å². The molecule has 0 radical (unpaired) electrons. The van der Waals surface area contributed by atoms with E-state index in [0.717, 1.165) is 11.1 Å². The minimum absolute atomic E-state index is 0.193. The van der Waals surface area contributed by atoms with Crippen LogP contribution in [0.1, 0.15) is 30.4 Å². The molecule has 4 rings (SSSR count). The molecule has 2 atom stereocenters. The van der Waals surface area contributed by atoms with Gasteiger partial charge in [0.1, 0.15) is 24.2 Å². The van der Waals surface area contributed by atoms with Gasteiger partial charge in [0.25, 0.3) is 5.92 Å². The van der Waals surface area contributed by atoms with E-state index in [1.807, 2.05) is 60.7 Å². The van der Waals surface area contributed by atoms with Crippen molar-refractivity contribution >= 4 is 0 Å². The highest BCUT2D eigenvalue weighted by molar-refractivity contribution is 5.32. The predicted molar refractivity (Wildman–Crippen MR) is 115 cm³/mol. The summed E-state index contributed by atoms with van der Waals surface area (Å²) in [6, 6.07) is 26.2. The second kappa shape index (κ2) is 9.92. The Morgan fingerprint density at radius 2 is 1.32 bits per heavy atom. The molecule has 0 unspecified atom stereocenters. The third-order valence-corrected chi connectivity index (χ3v) is 5.39. The van der Waals surface area contributed by atoms with Crippen LogP contribution in [0.15, 0.2) is 84.9 Å². The molecule has 0 aliphatic heterocycles. The second-order valence-corrected chi connectivity index (χ2v) is 7.77. The average molecular weight is 424 g/mol. The molecule has 0 spiro atoms. The zero-order valence-electron chi connectivity index (χ0n) is 17.3. The molecule has 5 heteroatoms. The van der Waals surface area contributed by atoms with E-state index in [1.54, 1.807) is 24.3 Å². The molecule has 162 valence electrons. The number of hydrogen-bond donors (Lipinski definition) is 0. The smallest absolute Gasteiger partial charge is 0.286 e. The first-order valence-electron chi connectivity index (χ1n) is 10.6. The van der Waals surface area contributed by atoms with E-state index >= 15 is 0 Å². The van der Waals surface area contributed by atoms with Crippen LogP contribution in [-0.4, -0.2) is 18.1 Å². The summed E-state index contributed by atoms with van der Waals surface area (Å²) in [5.41, 5.74) is 2.01. The van der Waals surface area contributed by atoms with Gasteiger partial charge in [-0.05, 0) is 48.2 Å². The SMILES string of the molecule is FC1(F)CCC[C@@H](OCc2ccccc2)[C@@H]1Oc1ccc(OCc2ccccc2)cc1. The molecule has 3 aromatic rings. The Bertz CT molecular complexity index is 930. The van der Waals surface area contributed by atoms with Crippen LogP contribution in [-0.2, 0) is 18.0 Å². The molecule has 1 aliphatic rings. The van der Waals surface area contributed by atoms with Crippen molar-refractivity contribution in [2.45, 2.75) is 50.6 Å². The Balaban J connectivity index is 1.38. The van der Waals surface area contributed by atoms with Gasteiger partial charge in [-0.2, -0.15) is 0 Å². The van der Waals surface area contributed by atoms with E-state index in [1.165, 1.54) is 0 Å². The number of alkyl halides is 2. The molecule has 0 saturated heterocycles. The molecule has 0 amide bonds. The lowest BCUT2D eigenvalue weighted by atomic mass is 9.90. The fourth-order valence-electron chi connectivity index (χ4n) is 3.72. The van der Waals surface area contributed by atoms with Crippen molar-refractivity contribution in [1.29, 1.82) is 0 Å². The quantitative estimate of drug-likeness (QED) is 0.418. The standard InChI is InChI=1S/C26H26F2O3/c27-26(28)17-7-12-24(30-19-21-10-5-2-6-11-21)25(26)31-23-15-13-22(14-16-23)29-18-20-8-3-1-4-9-20/h1-6,8-11,13-16,24-25H,7,12,17-19H2/t24-,25+/m1/s1. The molecule has 31 heavy (non-hydrogen) atoms. The van der Waals surface area contributed by atoms with Crippen molar-refractivity contribution in [3.05, 3.63) is 96.1 Å². The van der Waals surface area contributed by atoms with Crippen molar-refractivity contribution in [2.24, 2.45) is 0 Å². The van der Waals surface area contributed by atoms with E-state index < -0.39 is 18.1 Å². The summed E-state index contributed by atoms with van der Waals surface area (Å²) in [5.74, 6) is -1.90. The molecule has 0 heterocycles. The Morgan fingerprint density at radius 1 is 0.742 bits per heavy atom. The minimum atomic E-state index is -2.94. The topological polar surface area (TPSA) is 27.7 Å². The first-order valence-corrected chi connectivity index (χ1v) is 10.6. The summed E-state index contributed by atoms with van der Waals surface area (Å²) in [6.45, 7) is 0.727. The summed E-state index contributed by atoms with van der Waals surface area (Å²) in [5, 5.41) is 0. The third-order valence-electron chi connectivity index (χ3n) is 5.39. The van der Waals surface area contributed by atoms with Gasteiger partial charge >= 0.3 is 0 Å². The maximum absolute atomic E-state index is 14.7. The van der Waals surface area contributed by atoms with Gasteiger partial charge in [-0.3, -0.25) is 0 Å². The predicted octanol–water partition coefficient (Wildman–Crippen LogP) is 6.42. The number of halogens is 2. The normalized spacial score (nSPS) is 20.2. The van der Waals surface area contributed by atoms with Crippen molar-refractivity contribution in [2.75, 3.05) is 0 Å². The molecular formula is C26H26F2O3. The molecular weight excluding hydrogens is 398 g/mol. The first kappa shape index (κ1) is 21.3. The van der Waals surface area contributed by atoms with Crippen LogP contribution in [0, 0.1) is 0 Å². The van der Waals surface area contributed by atoms with Crippen LogP contribution in [0.4, 0.5) is 8.78 Å². The summed E-state index contributed by atoms with van der Waals surface area (Å²) < 4.78 is 46.8. The number of rotatable bonds is 8. The lowest BCUT2D eigenvalue weighted by Crippen LogP contribution is -2.51. The Labute approximate surface area is 181 Å². The van der Waals surface area contributed by atoms with E-state index in [0.29, 0.717) is 30.9 Å². The Hall–Kier alpha value is -2.92. The summed E-state index contributed by atoms with van der Waals surface area (Å²) in [7, 11) is 0. The number of benzene rings is 3. The minimum Gasteiger partial charge on any atom is -0.489 e. The highest BCUT2D eigenvalue weighted by Crippen LogP contribution is 2.38. The Morgan fingerprint density at radius 3 is 1.97 bits per heavy atom. The van der Waals surface area contributed by atoms with Crippen molar-refractivity contribution < 1.29 is 23.0 Å². The lowest BCUT2D eigenvalue weighted by Gasteiger charge is -2.37. The van der Waals surface area contributed by atoms with Crippen LogP contribution < -0.4 is 9.47 Å². The van der Waals surface area contributed by atoms with E-state index in [-0.39, 0.29) is 13.0 Å². The van der Waals surface area contributed by atoms with Crippen LogP contribution in [0.2, 0.25) is 0 Å². The van der Waals surface area contributed by atoms with E-state index in [2.05, 4.69) is 0 Å². The zero-order valence-corrected chi connectivity index (χ0v) is 17.3. The maximum Gasteiger partial charge on any atom is 0.286 e. The Kier molecular flexibility index (Phi) is 6.82.